The fourth-order valence-electron chi connectivity index (χ4n) is 3.76. The molecule has 1 saturated carbocycles. The molecule has 154 valence electrons. The first-order valence-corrected chi connectivity index (χ1v) is 10.1. The van der Waals surface area contributed by atoms with Gasteiger partial charge in [-0.1, -0.05) is 54.6 Å². The number of aliphatic carboxylic acids is 1. The minimum atomic E-state index is -0.793. The van der Waals surface area contributed by atoms with Gasteiger partial charge in [-0.25, -0.2) is 0 Å². The van der Waals surface area contributed by atoms with E-state index in [1.165, 1.54) is 5.56 Å². The number of hydrogen-bond donors (Lipinski definition) is 4. The van der Waals surface area contributed by atoms with Crippen molar-refractivity contribution >= 4 is 5.97 Å². The molecule has 1 aliphatic carbocycles. The Morgan fingerprint density at radius 3 is 2.61 bits per heavy atom. The van der Waals surface area contributed by atoms with E-state index in [4.69, 9.17) is 5.11 Å². The first-order chi connectivity index (χ1) is 13.5. The van der Waals surface area contributed by atoms with Crippen molar-refractivity contribution in [3.05, 3.63) is 60.2 Å². The summed E-state index contributed by atoms with van der Waals surface area (Å²) in [5.41, 5.74) is 1.18. The zero-order valence-corrected chi connectivity index (χ0v) is 16.2. The van der Waals surface area contributed by atoms with Gasteiger partial charge in [-0.15, -0.1) is 0 Å². The number of aryl methyl sites for hydroxylation is 1. The van der Waals surface area contributed by atoms with Crippen LogP contribution in [0.15, 0.2) is 54.6 Å². The van der Waals surface area contributed by atoms with E-state index < -0.39 is 24.3 Å². The standard InChI is InChI=1S/C23H32O5/c24-18(13-12-17-8-4-3-5-9-17)14-15-20-19(21(25)16-22(20)26)10-6-1-2-7-11-23(27)28/h1,3-6,8-9,14-15,18-22,24-26H,2,7,10-13,16H2,(H,27,28)/b6-1-,15-14?. The molecule has 2 rings (SSSR count). The number of allylic oxidation sites excluding steroid dienone is 2. The molecule has 28 heavy (non-hydrogen) atoms. The molecule has 5 nitrogen and oxygen atoms in total. The fraction of sp³-hybridized carbons (Fsp3) is 0.522. The Bertz CT molecular complexity index is 640. The number of aliphatic hydroxyl groups is 3. The van der Waals surface area contributed by atoms with E-state index in [2.05, 4.69) is 0 Å². The molecule has 4 N–H and O–H groups in total. The molecular weight excluding hydrogens is 356 g/mol. The van der Waals surface area contributed by atoms with Crippen LogP contribution in [-0.4, -0.2) is 44.7 Å². The summed E-state index contributed by atoms with van der Waals surface area (Å²) >= 11 is 0. The molecule has 1 aliphatic rings. The van der Waals surface area contributed by atoms with Crippen LogP contribution >= 0.6 is 0 Å². The van der Waals surface area contributed by atoms with Crippen LogP contribution in [-0.2, 0) is 11.2 Å². The monoisotopic (exact) mass is 388 g/mol. The van der Waals surface area contributed by atoms with Gasteiger partial charge in [-0.05, 0) is 43.6 Å². The summed E-state index contributed by atoms with van der Waals surface area (Å²) in [6.07, 6.45) is 9.51. The molecule has 5 atom stereocenters. The van der Waals surface area contributed by atoms with Gasteiger partial charge in [-0.2, -0.15) is 0 Å². The van der Waals surface area contributed by atoms with E-state index in [1.54, 1.807) is 6.08 Å². The predicted molar refractivity (Wildman–Crippen MR) is 109 cm³/mol. The third-order valence-corrected chi connectivity index (χ3v) is 5.38. The summed E-state index contributed by atoms with van der Waals surface area (Å²) in [5, 5.41) is 39.4. The summed E-state index contributed by atoms with van der Waals surface area (Å²) in [4.78, 5) is 10.5. The minimum absolute atomic E-state index is 0.0942. The number of carboxylic acid groups (broad SMARTS) is 1. The molecule has 1 fully saturated rings. The molecule has 1 aromatic rings. The van der Waals surface area contributed by atoms with Crippen LogP contribution in [0, 0.1) is 11.8 Å². The molecule has 0 radical (unpaired) electrons. The average Bonchev–Trinajstić information content (AvgIpc) is 2.94. The zero-order valence-electron chi connectivity index (χ0n) is 16.2. The van der Waals surface area contributed by atoms with Gasteiger partial charge < -0.3 is 20.4 Å². The smallest absolute Gasteiger partial charge is 0.303 e. The van der Waals surface area contributed by atoms with Gasteiger partial charge >= 0.3 is 5.97 Å². The van der Waals surface area contributed by atoms with Crippen molar-refractivity contribution in [2.75, 3.05) is 0 Å². The van der Waals surface area contributed by atoms with Gasteiger partial charge in [0, 0.05) is 18.8 Å². The van der Waals surface area contributed by atoms with Crippen LogP contribution in [0.3, 0.4) is 0 Å². The van der Waals surface area contributed by atoms with E-state index in [0.717, 1.165) is 6.42 Å². The second-order valence-corrected chi connectivity index (χ2v) is 7.58. The van der Waals surface area contributed by atoms with Gasteiger partial charge in [-0.3, -0.25) is 4.79 Å². The zero-order chi connectivity index (χ0) is 20.4. The van der Waals surface area contributed by atoms with E-state index in [9.17, 15) is 20.1 Å². The molecule has 0 amide bonds. The number of hydrogen-bond acceptors (Lipinski definition) is 4. The first-order valence-electron chi connectivity index (χ1n) is 10.1. The van der Waals surface area contributed by atoms with E-state index in [0.29, 0.717) is 32.1 Å². The highest BCUT2D eigenvalue weighted by molar-refractivity contribution is 5.66. The second kappa shape index (κ2) is 11.8. The lowest BCUT2D eigenvalue weighted by Gasteiger charge is -2.19. The van der Waals surface area contributed by atoms with Crippen molar-refractivity contribution in [1.82, 2.24) is 0 Å². The normalized spacial score (nSPS) is 26.2. The van der Waals surface area contributed by atoms with Gasteiger partial charge in [0.1, 0.15) is 0 Å². The van der Waals surface area contributed by atoms with Crippen molar-refractivity contribution in [3.63, 3.8) is 0 Å². The number of unbranched alkanes of at least 4 members (excludes halogenated alkanes) is 1. The Balaban J connectivity index is 1.82. The summed E-state index contributed by atoms with van der Waals surface area (Å²) < 4.78 is 0. The first kappa shape index (κ1) is 22.3. The van der Waals surface area contributed by atoms with Crippen LogP contribution in [0.1, 0.15) is 44.1 Å². The lowest BCUT2D eigenvalue weighted by molar-refractivity contribution is -0.137. The van der Waals surface area contributed by atoms with Gasteiger partial charge in [0.15, 0.2) is 0 Å². The number of carbonyl (C=O) groups is 1. The molecule has 0 bridgehead atoms. The summed E-state index contributed by atoms with van der Waals surface area (Å²) in [6, 6.07) is 9.99. The Morgan fingerprint density at radius 1 is 1.14 bits per heavy atom. The quantitative estimate of drug-likeness (QED) is 0.345. The second-order valence-electron chi connectivity index (χ2n) is 7.58. The third-order valence-electron chi connectivity index (χ3n) is 5.38. The van der Waals surface area contributed by atoms with Crippen LogP contribution in [0.4, 0.5) is 0 Å². The lowest BCUT2D eigenvalue weighted by atomic mass is 9.89. The van der Waals surface area contributed by atoms with E-state index >= 15 is 0 Å². The summed E-state index contributed by atoms with van der Waals surface area (Å²) in [5.74, 6) is -1.08. The Labute approximate surface area is 167 Å². The number of rotatable bonds is 11. The van der Waals surface area contributed by atoms with Crippen LogP contribution in [0.5, 0.6) is 0 Å². The van der Waals surface area contributed by atoms with Crippen molar-refractivity contribution in [3.8, 4) is 0 Å². The maximum atomic E-state index is 10.5. The molecule has 0 saturated heterocycles. The number of carboxylic acids is 1. The van der Waals surface area contributed by atoms with Crippen LogP contribution < -0.4 is 0 Å². The van der Waals surface area contributed by atoms with Gasteiger partial charge in [0.05, 0.1) is 18.3 Å². The molecule has 0 aliphatic heterocycles. The SMILES string of the molecule is O=C(O)CCC/C=C\CC1C(O)CC(O)C1C=CC(O)CCc1ccccc1. The van der Waals surface area contributed by atoms with Gasteiger partial charge in [0.2, 0.25) is 0 Å². The molecule has 0 aromatic heterocycles. The molecule has 0 heterocycles. The van der Waals surface area contributed by atoms with Crippen molar-refractivity contribution in [2.24, 2.45) is 11.8 Å². The van der Waals surface area contributed by atoms with Crippen LogP contribution in [0.25, 0.3) is 0 Å². The predicted octanol–water partition coefficient (Wildman–Crippen LogP) is 3.10. The number of benzene rings is 1. The fourth-order valence-corrected chi connectivity index (χ4v) is 3.76. The Morgan fingerprint density at radius 2 is 1.89 bits per heavy atom. The van der Waals surface area contributed by atoms with E-state index in [-0.39, 0.29) is 18.3 Å². The van der Waals surface area contributed by atoms with Gasteiger partial charge in [0.25, 0.3) is 0 Å². The minimum Gasteiger partial charge on any atom is -0.481 e. The molecule has 0 spiro atoms. The Kier molecular flexibility index (Phi) is 9.41. The third kappa shape index (κ3) is 7.58. The maximum absolute atomic E-state index is 10.5. The molecular formula is C23H32O5. The van der Waals surface area contributed by atoms with Crippen molar-refractivity contribution in [2.45, 2.75) is 63.3 Å². The van der Waals surface area contributed by atoms with Crippen LogP contribution in [0.2, 0.25) is 0 Å². The van der Waals surface area contributed by atoms with Crippen molar-refractivity contribution in [1.29, 1.82) is 0 Å². The molecule has 5 unspecified atom stereocenters. The highest BCUT2D eigenvalue weighted by Gasteiger charge is 2.39. The van der Waals surface area contributed by atoms with E-state index in [1.807, 2.05) is 48.6 Å². The highest BCUT2D eigenvalue weighted by Crippen LogP contribution is 2.36. The Hall–Kier alpha value is -1.95. The largest absolute Gasteiger partial charge is 0.481 e. The summed E-state index contributed by atoms with van der Waals surface area (Å²) in [7, 11) is 0. The highest BCUT2D eigenvalue weighted by atomic mass is 16.4. The average molecular weight is 389 g/mol. The topological polar surface area (TPSA) is 98.0 Å². The lowest BCUT2D eigenvalue weighted by Crippen LogP contribution is -2.20. The summed E-state index contributed by atoms with van der Waals surface area (Å²) in [6.45, 7) is 0. The molecule has 1 aromatic carbocycles. The molecule has 5 heteroatoms. The maximum Gasteiger partial charge on any atom is 0.303 e. The number of aliphatic hydroxyl groups excluding tert-OH is 3. The van der Waals surface area contributed by atoms with Crippen molar-refractivity contribution < 1.29 is 25.2 Å².